The molecular weight excluding hydrogens is 306 g/mol. The topological polar surface area (TPSA) is 64.6 Å². The fourth-order valence-electron chi connectivity index (χ4n) is 2.22. The molecule has 1 amide bonds. The Hall–Kier alpha value is -2.82. The van der Waals surface area contributed by atoms with E-state index in [1.54, 1.807) is 30.3 Å². The van der Waals surface area contributed by atoms with Crippen LogP contribution in [0.25, 0.3) is 0 Å². The Bertz CT molecular complexity index is 755. The molecule has 0 spiro atoms. The summed E-state index contributed by atoms with van der Waals surface area (Å²) in [6.07, 6.45) is -0.928. The number of para-hydroxylation sites is 2. The number of nitrogens with one attached hydrogen (secondary N) is 1. The van der Waals surface area contributed by atoms with Crippen LogP contribution in [0.1, 0.15) is 28.4 Å². The quantitative estimate of drug-likeness (QED) is 0.854. The predicted molar refractivity (Wildman–Crippen MR) is 92.4 cm³/mol. The molecular formula is C19H21NO4. The van der Waals surface area contributed by atoms with E-state index in [2.05, 4.69) is 5.32 Å². The first-order valence-corrected chi connectivity index (χ1v) is 7.64. The lowest BCUT2D eigenvalue weighted by Crippen LogP contribution is -2.30. The number of amides is 1. The molecule has 0 saturated carbocycles. The molecule has 0 fully saturated rings. The molecule has 5 heteroatoms. The number of anilines is 1. The van der Waals surface area contributed by atoms with E-state index in [1.165, 1.54) is 14.0 Å². The van der Waals surface area contributed by atoms with Gasteiger partial charge in [-0.05, 0) is 44.5 Å². The molecule has 0 saturated heterocycles. The summed E-state index contributed by atoms with van der Waals surface area (Å²) in [6.45, 7) is 5.26. The Balaban J connectivity index is 2.06. The highest BCUT2D eigenvalue weighted by Crippen LogP contribution is 2.23. The van der Waals surface area contributed by atoms with E-state index < -0.39 is 18.0 Å². The molecule has 0 unspecified atom stereocenters. The molecule has 5 nitrogen and oxygen atoms in total. The summed E-state index contributed by atoms with van der Waals surface area (Å²) in [5.41, 5.74) is 2.76. The van der Waals surface area contributed by atoms with E-state index in [0.717, 1.165) is 11.1 Å². The van der Waals surface area contributed by atoms with Gasteiger partial charge in [-0.15, -0.1) is 0 Å². The SMILES string of the molecule is COc1ccccc1NC(=O)[C@@H](C)OC(=O)c1cc(C)ccc1C. The van der Waals surface area contributed by atoms with E-state index in [1.807, 2.05) is 26.0 Å². The standard InChI is InChI=1S/C19H21NO4/c1-12-9-10-13(2)15(11-12)19(22)24-14(3)18(21)20-16-7-5-6-8-17(16)23-4/h5-11,14H,1-4H3,(H,20,21)/t14-/m1/s1. The van der Waals surface area contributed by atoms with Crippen LogP contribution in [0.4, 0.5) is 5.69 Å². The lowest BCUT2D eigenvalue weighted by Gasteiger charge is -2.16. The van der Waals surface area contributed by atoms with E-state index in [4.69, 9.17) is 9.47 Å². The molecule has 0 heterocycles. The van der Waals surface area contributed by atoms with Crippen molar-refractivity contribution in [2.24, 2.45) is 0 Å². The Kier molecular flexibility index (Phi) is 5.58. The zero-order valence-corrected chi connectivity index (χ0v) is 14.3. The number of rotatable bonds is 5. The minimum atomic E-state index is -0.928. The van der Waals surface area contributed by atoms with Crippen LogP contribution in [-0.4, -0.2) is 25.1 Å². The summed E-state index contributed by atoms with van der Waals surface area (Å²) in [5.74, 6) is -0.393. The van der Waals surface area contributed by atoms with Gasteiger partial charge in [0.25, 0.3) is 5.91 Å². The van der Waals surface area contributed by atoms with Crippen molar-refractivity contribution in [2.45, 2.75) is 26.9 Å². The third-order valence-corrected chi connectivity index (χ3v) is 3.63. The lowest BCUT2D eigenvalue weighted by atomic mass is 10.1. The molecule has 0 aliphatic heterocycles. The maximum Gasteiger partial charge on any atom is 0.339 e. The van der Waals surface area contributed by atoms with Crippen LogP contribution in [0, 0.1) is 13.8 Å². The van der Waals surface area contributed by atoms with Gasteiger partial charge in [0.1, 0.15) is 5.75 Å². The van der Waals surface area contributed by atoms with Crippen molar-refractivity contribution in [2.75, 3.05) is 12.4 Å². The predicted octanol–water partition coefficient (Wildman–Crippen LogP) is 3.50. The van der Waals surface area contributed by atoms with Crippen molar-refractivity contribution >= 4 is 17.6 Å². The maximum atomic E-state index is 12.3. The average molecular weight is 327 g/mol. The number of carbonyl (C=O) groups excluding carboxylic acids is 2. The molecule has 0 radical (unpaired) electrons. The van der Waals surface area contributed by atoms with Gasteiger partial charge in [-0.1, -0.05) is 29.8 Å². The normalized spacial score (nSPS) is 11.5. The monoisotopic (exact) mass is 327 g/mol. The fourth-order valence-corrected chi connectivity index (χ4v) is 2.22. The van der Waals surface area contributed by atoms with Crippen LogP contribution in [-0.2, 0) is 9.53 Å². The number of carbonyl (C=O) groups is 2. The van der Waals surface area contributed by atoms with Gasteiger partial charge in [0.05, 0.1) is 18.4 Å². The summed E-state index contributed by atoms with van der Waals surface area (Å²) in [7, 11) is 1.52. The van der Waals surface area contributed by atoms with E-state index in [-0.39, 0.29) is 0 Å². The smallest absolute Gasteiger partial charge is 0.339 e. The number of hydrogen-bond acceptors (Lipinski definition) is 4. The number of esters is 1. The summed E-state index contributed by atoms with van der Waals surface area (Å²) < 4.78 is 10.5. The Morgan fingerprint density at radius 2 is 1.79 bits per heavy atom. The van der Waals surface area contributed by atoms with Crippen molar-refractivity contribution < 1.29 is 19.1 Å². The van der Waals surface area contributed by atoms with Gasteiger partial charge >= 0.3 is 5.97 Å². The Morgan fingerprint density at radius 1 is 1.08 bits per heavy atom. The molecule has 0 aliphatic carbocycles. The van der Waals surface area contributed by atoms with Gasteiger partial charge in [-0.2, -0.15) is 0 Å². The summed E-state index contributed by atoms with van der Waals surface area (Å²) in [5, 5.41) is 2.70. The van der Waals surface area contributed by atoms with Gasteiger partial charge in [-0.3, -0.25) is 4.79 Å². The highest BCUT2D eigenvalue weighted by atomic mass is 16.5. The number of hydrogen-bond donors (Lipinski definition) is 1. The third-order valence-electron chi connectivity index (χ3n) is 3.63. The molecule has 1 N–H and O–H groups in total. The second-order valence-electron chi connectivity index (χ2n) is 5.56. The molecule has 2 aromatic rings. The van der Waals surface area contributed by atoms with E-state index in [0.29, 0.717) is 17.0 Å². The van der Waals surface area contributed by atoms with Crippen LogP contribution in [0.2, 0.25) is 0 Å². The first-order valence-electron chi connectivity index (χ1n) is 7.64. The highest BCUT2D eigenvalue weighted by molar-refractivity contribution is 5.98. The largest absolute Gasteiger partial charge is 0.495 e. The second-order valence-corrected chi connectivity index (χ2v) is 5.56. The maximum absolute atomic E-state index is 12.3. The van der Waals surface area contributed by atoms with Crippen molar-refractivity contribution in [1.29, 1.82) is 0 Å². The highest BCUT2D eigenvalue weighted by Gasteiger charge is 2.21. The van der Waals surface area contributed by atoms with Gasteiger partial charge in [0.2, 0.25) is 0 Å². The Morgan fingerprint density at radius 3 is 2.50 bits per heavy atom. The number of aryl methyl sites for hydroxylation is 2. The average Bonchev–Trinajstić information content (AvgIpc) is 2.57. The summed E-state index contributed by atoms with van der Waals surface area (Å²) in [4.78, 5) is 24.5. The van der Waals surface area contributed by atoms with Crippen molar-refractivity contribution in [3.63, 3.8) is 0 Å². The van der Waals surface area contributed by atoms with E-state index >= 15 is 0 Å². The number of methoxy groups -OCH3 is 1. The van der Waals surface area contributed by atoms with Gasteiger partial charge in [0.15, 0.2) is 6.10 Å². The minimum Gasteiger partial charge on any atom is -0.495 e. The lowest BCUT2D eigenvalue weighted by molar-refractivity contribution is -0.123. The first kappa shape index (κ1) is 17.5. The van der Waals surface area contributed by atoms with Crippen molar-refractivity contribution in [3.8, 4) is 5.75 Å². The molecule has 0 aromatic heterocycles. The van der Waals surface area contributed by atoms with Crippen LogP contribution >= 0.6 is 0 Å². The van der Waals surface area contributed by atoms with Crippen molar-refractivity contribution in [3.05, 3.63) is 59.2 Å². The minimum absolute atomic E-state index is 0.418. The van der Waals surface area contributed by atoms with Gasteiger partial charge < -0.3 is 14.8 Å². The molecule has 1 atom stereocenters. The molecule has 2 rings (SSSR count). The van der Waals surface area contributed by atoms with Crippen LogP contribution in [0.3, 0.4) is 0 Å². The molecule has 2 aromatic carbocycles. The molecule has 126 valence electrons. The van der Waals surface area contributed by atoms with Gasteiger partial charge in [-0.25, -0.2) is 4.79 Å². The van der Waals surface area contributed by atoms with Crippen LogP contribution in [0.5, 0.6) is 5.75 Å². The molecule has 0 aliphatic rings. The zero-order chi connectivity index (χ0) is 17.7. The summed E-state index contributed by atoms with van der Waals surface area (Å²) >= 11 is 0. The van der Waals surface area contributed by atoms with Gasteiger partial charge in [0, 0.05) is 0 Å². The number of benzene rings is 2. The zero-order valence-electron chi connectivity index (χ0n) is 14.3. The van der Waals surface area contributed by atoms with Crippen molar-refractivity contribution in [1.82, 2.24) is 0 Å². The second kappa shape index (κ2) is 7.64. The van der Waals surface area contributed by atoms with E-state index in [9.17, 15) is 9.59 Å². The summed E-state index contributed by atoms with van der Waals surface area (Å²) in [6, 6.07) is 12.6. The molecule has 0 bridgehead atoms. The van der Waals surface area contributed by atoms with Crippen LogP contribution < -0.4 is 10.1 Å². The fraction of sp³-hybridized carbons (Fsp3) is 0.263. The third kappa shape index (κ3) is 4.13. The number of ether oxygens (including phenoxy) is 2. The molecule has 24 heavy (non-hydrogen) atoms. The Labute approximate surface area is 141 Å². The first-order chi connectivity index (χ1) is 11.4. The van der Waals surface area contributed by atoms with Crippen LogP contribution in [0.15, 0.2) is 42.5 Å².